The Morgan fingerprint density at radius 3 is 2.37 bits per heavy atom. The van der Waals surface area contributed by atoms with Crippen molar-refractivity contribution in [1.29, 1.82) is 0 Å². The molecule has 1 aromatic heterocycles. The van der Waals surface area contributed by atoms with Crippen molar-refractivity contribution in [3.8, 4) is 11.5 Å². The number of carbonyl (C=O) groups excluding carboxylic acids is 1. The number of hydrogen-bond donors (Lipinski definition) is 0. The van der Waals surface area contributed by atoms with Crippen molar-refractivity contribution in [1.82, 2.24) is 4.57 Å². The van der Waals surface area contributed by atoms with Crippen molar-refractivity contribution in [2.75, 3.05) is 6.26 Å². The summed E-state index contributed by atoms with van der Waals surface area (Å²) < 4.78 is 35.0. The van der Waals surface area contributed by atoms with Gasteiger partial charge in [0.05, 0.1) is 12.2 Å². The summed E-state index contributed by atoms with van der Waals surface area (Å²) in [5.41, 5.74) is 0.737. The van der Waals surface area contributed by atoms with Crippen LogP contribution in [0.25, 0.3) is 10.9 Å². The van der Waals surface area contributed by atoms with E-state index in [0.29, 0.717) is 11.5 Å². The molecule has 0 fully saturated rings. The van der Waals surface area contributed by atoms with E-state index in [9.17, 15) is 18.3 Å². The minimum Gasteiger partial charge on any atom is -0.546 e. The molecule has 0 spiro atoms. The average molecular weight is 431 g/mol. The molecule has 0 bridgehead atoms. The normalized spacial score (nSPS) is 12.1. The summed E-state index contributed by atoms with van der Waals surface area (Å²) in [4.78, 5) is 11.0. The summed E-state index contributed by atoms with van der Waals surface area (Å²) in [5.74, 6) is -0.482. The lowest BCUT2D eigenvalue weighted by Crippen LogP contribution is -2.47. The van der Waals surface area contributed by atoms with Crippen LogP contribution in [0.1, 0.15) is 25.8 Å². The van der Waals surface area contributed by atoms with E-state index in [4.69, 9.17) is 8.92 Å². The zero-order valence-electron chi connectivity index (χ0n) is 17.1. The van der Waals surface area contributed by atoms with Gasteiger partial charge in [-0.2, -0.15) is 8.42 Å². The van der Waals surface area contributed by atoms with E-state index < -0.39 is 21.7 Å². The molecule has 0 unspecified atom stereocenters. The van der Waals surface area contributed by atoms with Crippen molar-refractivity contribution >= 4 is 27.0 Å². The predicted molar refractivity (Wildman–Crippen MR) is 112 cm³/mol. The van der Waals surface area contributed by atoms with Crippen molar-refractivity contribution < 1.29 is 27.2 Å². The summed E-state index contributed by atoms with van der Waals surface area (Å²) >= 11 is 0. The quantitative estimate of drug-likeness (QED) is 0.484. The maximum absolute atomic E-state index is 11.3. The molecule has 0 saturated carbocycles. The van der Waals surface area contributed by atoms with Gasteiger partial charge in [0.25, 0.3) is 0 Å². The molecule has 0 radical (unpaired) electrons. The van der Waals surface area contributed by atoms with Gasteiger partial charge in [0.15, 0.2) is 0 Å². The fourth-order valence-electron chi connectivity index (χ4n) is 3.11. The first kappa shape index (κ1) is 21.7. The number of carboxylic acids is 1. The van der Waals surface area contributed by atoms with Crippen molar-refractivity contribution in [2.24, 2.45) is 0 Å². The Hall–Kier alpha value is -3.00. The topological polar surface area (TPSA) is 97.7 Å². The van der Waals surface area contributed by atoms with E-state index in [2.05, 4.69) is 4.57 Å². The van der Waals surface area contributed by atoms with Gasteiger partial charge in [-0.15, -0.1) is 0 Å². The smallest absolute Gasteiger partial charge is 0.306 e. The molecule has 0 aliphatic heterocycles. The van der Waals surface area contributed by atoms with E-state index in [1.165, 1.54) is 13.8 Å². The van der Waals surface area contributed by atoms with Gasteiger partial charge in [-0.3, -0.25) is 0 Å². The predicted octanol–water partition coefficient (Wildman–Crippen LogP) is 2.52. The van der Waals surface area contributed by atoms with Crippen LogP contribution in [0.3, 0.4) is 0 Å². The number of carboxylic acid groups (broad SMARTS) is 1. The third-order valence-corrected chi connectivity index (χ3v) is 5.14. The summed E-state index contributed by atoms with van der Waals surface area (Å²) in [6.07, 6.45) is 4.73. The van der Waals surface area contributed by atoms with E-state index in [1.54, 1.807) is 24.3 Å². The van der Waals surface area contributed by atoms with Crippen molar-refractivity contribution in [2.45, 2.75) is 38.8 Å². The molecule has 3 rings (SSSR count). The summed E-state index contributed by atoms with van der Waals surface area (Å²) in [6, 6.07) is 14.5. The van der Waals surface area contributed by atoms with E-state index in [0.717, 1.165) is 42.1 Å². The van der Waals surface area contributed by atoms with Gasteiger partial charge in [0, 0.05) is 23.6 Å². The second kappa shape index (κ2) is 8.39. The Bertz CT molecular complexity index is 1150. The fourth-order valence-corrected chi connectivity index (χ4v) is 3.57. The number of aromatic nitrogens is 1. The number of benzene rings is 2. The zero-order valence-corrected chi connectivity index (χ0v) is 17.9. The largest absolute Gasteiger partial charge is 0.546 e. The molecule has 0 saturated heterocycles. The highest BCUT2D eigenvalue weighted by molar-refractivity contribution is 7.86. The monoisotopic (exact) mass is 430 g/mol. The number of aryl methyl sites for hydroxylation is 2. The first-order chi connectivity index (χ1) is 14.0. The summed E-state index contributed by atoms with van der Waals surface area (Å²) in [5, 5.41) is 12.0. The molecule has 1 heterocycles. The van der Waals surface area contributed by atoms with Crippen LogP contribution >= 0.6 is 0 Å². The van der Waals surface area contributed by atoms with Crippen LogP contribution in [0.15, 0.2) is 54.7 Å². The van der Waals surface area contributed by atoms with E-state index in [1.807, 2.05) is 30.5 Å². The van der Waals surface area contributed by atoms with Gasteiger partial charge in [-0.1, -0.05) is 12.1 Å². The minimum atomic E-state index is -3.55. The van der Waals surface area contributed by atoms with Crippen LogP contribution in [-0.2, 0) is 27.9 Å². The number of rotatable bonds is 9. The maximum Gasteiger partial charge on any atom is 0.306 e. The van der Waals surface area contributed by atoms with Gasteiger partial charge < -0.3 is 23.4 Å². The van der Waals surface area contributed by atoms with Crippen molar-refractivity contribution in [3.05, 3.63) is 60.3 Å². The van der Waals surface area contributed by atoms with Crippen LogP contribution in [0.2, 0.25) is 0 Å². The van der Waals surface area contributed by atoms with Crippen LogP contribution in [0.4, 0.5) is 0 Å². The van der Waals surface area contributed by atoms with Crippen LogP contribution < -0.4 is 14.0 Å². The molecule has 7 nitrogen and oxygen atoms in total. The van der Waals surface area contributed by atoms with E-state index >= 15 is 0 Å². The molecule has 0 atom stereocenters. The standard InChI is InChI=1S/C22H25NO6S/c1-22(2,21(24)25)28-18-8-6-16(7-9-18)5-4-13-23-14-12-17-15-19(10-11-20(17)23)29-30(3,26)27/h6-12,14-15H,4-5,13H2,1-3H3,(H,24,25)/p-1. The van der Waals surface area contributed by atoms with Gasteiger partial charge >= 0.3 is 10.1 Å². The fraction of sp³-hybridized carbons (Fsp3) is 0.318. The number of ether oxygens (including phenoxy) is 1. The molecule has 2 aromatic carbocycles. The molecule has 8 heteroatoms. The van der Waals surface area contributed by atoms with Gasteiger partial charge in [0.1, 0.15) is 17.1 Å². The molecule has 160 valence electrons. The summed E-state index contributed by atoms with van der Waals surface area (Å²) in [7, 11) is -3.55. The van der Waals surface area contributed by atoms with Gasteiger partial charge in [-0.25, -0.2) is 0 Å². The third kappa shape index (κ3) is 5.54. The number of carbonyl (C=O) groups is 1. The lowest BCUT2D eigenvalue weighted by atomic mass is 10.1. The van der Waals surface area contributed by atoms with Gasteiger partial charge in [-0.05, 0) is 68.7 Å². The molecular formula is C22H24NO6S-. The Balaban J connectivity index is 1.58. The highest BCUT2D eigenvalue weighted by Crippen LogP contribution is 2.24. The molecule has 0 N–H and O–H groups in total. The second-order valence-corrected chi connectivity index (χ2v) is 9.24. The number of hydrogen-bond acceptors (Lipinski definition) is 6. The average Bonchev–Trinajstić information content (AvgIpc) is 3.04. The SMILES string of the molecule is CC(C)(Oc1ccc(CCCn2ccc3cc(OS(C)(=O)=O)ccc32)cc1)C(=O)[O-]. The minimum absolute atomic E-state index is 0.298. The molecule has 30 heavy (non-hydrogen) atoms. The third-order valence-electron chi connectivity index (χ3n) is 4.64. The number of fused-ring (bicyclic) bond motifs is 1. The molecule has 0 aliphatic rings. The Morgan fingerprint density at radius 1 is 1.07 bits per heavy atom. The van der Waals surface area contributed by atoms with Crippen LogP contribution in [0, 0.1) is 0 Å². The van der Waals surface area contributed by atoms with Crippen LogP contribution in [0.5, 0.6) is 11.5 Å². The van der Waals surface area contributed by atoms with Crippen molar-refractivity contribution in [3.63, 3.8) is 0 Å². The Kier molecular flexibility index (Phi) is 6.07. The lowest BCUT2D eigenvalue weighted by Gasteiger charge is -2.27. The molecule has 0 amide bonds. The first-order valence-corrected chi connectivity index (χ1v) is 11.3. The van der Waals surface area contributed by atoms with E-state index in [-0.39, 0.29) is 0 Å². The molecule has 0 aliphatic carbocycles. The Labute approximate surface area is 176 Å². The lowest BCUT2D eigenvalue weighted by molar-refractivity contribution is -0.320. The van der Waals surface area contributed by atoms with Gasteiger partial charge in [0.2, 0.25) is 0 Å². The first-order valence-electron chi connectivity index (χ1n) is 9.51. The van der Waals surface area contributed by atoms with Crippen LogP contribution in [-0.4, -0.2) is 30.8 Å². The highest BCUT2D eigenvalue weighted by Gasteiger charge is 2.21. The molecule has 3 aromatic rings. The summed E-state index contributed by atoms with van der Waals surface area (Å²) in [6.45, 7) is 3.70. The highest BCUT2D eigenvalue weighted by atomic mass is 32.2. The molecular weight excluding hydrogens is 406 g/mol. The Morgan fingerprint density at radius 2 is 1.73 bits per heavy atom. The maximum atomic E-state index is 11.3. The second-order valence-electron chi connectivity index (χ2n) is 7.66. The number of nitrogens with zero attached hydrogens (tertiary/aromatic N) is 1. The zero-order chi connectivity index (χ0) is 21.9. The number of aliphatic carboxylic acids is 1.